The first-order valence-electron chi connectivity index (χ1n) is 9.24. The number of rotatable bonds is 8. The maximum absolute atomic E-state index is 11.9. The number of aliphatic imine (C=N–C) groups is 1. The van der Waals surface area contributed by atoms with Crippen LogP contribution in [0.2, 0.25) is 0 Å². The van der Waals surface area contributed by atoms with Gasteiger partial charge >= 0.3 is 0 Å². The fourth-order valence-corrected chi connectivity index (χ4v) is 2.55. The fourth-order valence-electron chi connectivity index (χ4n) is 2.55. The lowest BCUT2D eigenvalue weighted by Crippen LogP contribution is -2.46. The highest BCUT2D eigenvalue weighted by Crippen LogP contribution is 2.11. The third kappa shape index (κ3) is 7.84. The van der Waals surface area contributed by atoms with Crippen LogP contribution >= 0.6 is 0 Å². The Hall–Kier alpha value is -2.32. The van der Waals surface area contributed by atoms with Crippen LogP contribution in [-0.2, 0) is 16.1 Å². The molecule has 1 aromatic carbocycles. The number of likely N-dealkylation sites (N-methyl/N-ethyl adjacent to an activating group) is 1. The van der Waals surface area contributed by atoms with E-state index >= 15 is 0 Å². The SMILES string of the molecule is COc1ccc(CN=C(NCCN2CCOCC2)NCC(=O)N(C)C)cc1. The molecule has 2 N–H and O–H groups in total. The number of hydrogen-bond acceptors (Lipinski definition) is 5. The molecule has 8 nitrogen and oxygen atoms in total. The van der Waals surface area contributed by atoms with Gasteiger partial charge in [-0.25, -0.2) is 4.99 Å². The van der Waals surface area contributed by atoms with Crippen LogP contribution in [0.1, 0.15) is 5.56 Å². The Bertz CT molecular complexity index is 598. The van der Waals surface area contributed by atoms with Crippen molar-refractivity contribution in [3.8, 4) is 5.75 Å². The average molecular weight is 377 g/mol. The van der Waals surface area contributed by atoms with Crippen LogP contribution in [0.25, 0.3) is 0 Å². The van der Waals surface area contributed by atoms with Crippen LogP contribution in [0, 0.1) is 0 Å². The largest absolute Gasteiger partial charge is 0.497 e. The lowest BCUT2D eigenvalue weighted by molar-refractivity contribution is -0.127. The maximum atomic E-state index is 11.9. The summed E-state index contributed by atoms with van der Waals surface area (Å²) in [5.41, 5.74) is 1.07. The summed E-state index contributed by atoms with van der Waals surface area (Å²) in [4.78, 5) is 20.4. The first kappa shape index (κ1) is 21.0. The van der Waals surface area contributed by atoms with Gasteiger partial charge in [-0.2, -0.15) is 0 Å². The minimum absolute atomic E-state index is 0.00197. The van der Waals surface area contributed by atoms with Crippen molar-refractivity contribution in [2.45, 2.75) is 6.54 Å². The molecule has 1 heterocycles. The summed E-state index contributed by atoms with van der Waals surface area (Å²) in [7, 11) is 5.13. The second-order valence-corrected chi connectivity index (χ2v) is 6.54. The molecule has 150 valence electrons. The predicted molar refractivity (Wildman–Crippen MR) is 106 cm³/mol. The Kier molecular flexibility index (Phi) is 8.86. The molecule has 1 aliphatic rings. The molecule has 0 aromatic heterocycles. The van der Waals surface area contributed by atoms with Crippen LogP contribution in [0.5, 0.6) is 5.75 Å². The van der Waals surface area contributed by atoms with Gasteiger partial charge in [-0.3, -0.25) is 9.69 Å². The van der Waals surface area contributed by atoms with Gasteiger partial charge in [0.15, 0.2) is 5.96 Å². The average Bonchev–Trinajstić information content (AvgIpc) is 2.70. The number of methoxy groups -OCH3 is 1. The van der Waals surface area contributed by atoms with Crippen LogP contribution in [0.4, 0.5) is 0 Å². The van der Waals surface area contributed by atoms with Gasteiger partial charge in [-0.05, 0) is 17.7 Å². The van der Waals surface area contributed by atoms with Gasteiger partial charge in [0.2, 0.25) is 5.91 Å². The van der Waals surface area contributed by atoms with Crippen molar-refractivity contribution in [2.75, 3.05) is 67.1 Å². The minimum Gasteiger partial charge on any atom is -0.497 e. The van der Waals surface area contributed by atoms with E-state index in [9.17, 15) is 4.79 Å². The van der Waals surface area contributed by atoms with Crippen LogP contribution in [-0.4, -0.2) is 88.8 Å². The van der Waals surface area contributed by atoms with Gasteiger partial charge in [-0.15, -0.1) is 0 Å². The second-order valence-electron chi connectivity index (χ2n) is 6.54. The van der Waals surface area contributed by atoms with E-state index < -0.39 is 0 Å². The number of hydrogen-bond donors (Lipinski definition) is 2. The topological polar surface area (TPSA) is 78.4 Å². The zero-order valence-electron chi connectivity index (χ0n) is 16.5. The Morgan fingerprint density at radius 2 is 1.93 bits per heavy atom. The molecule has 1 saturated heterocycles. The number of nitrogens with zero attached hydrogens (tertiary/aromatic N) is 3. The van der Waals surface area contributed by atoms with Crippen molar-refractivity contribution in [2.24, 2.45) is 4.99 Å². The quantitative estimate of drug-likeness (QED) is 0.496. The van der Waals surface area contributed by atoms with Crippen molar-refractivity contribution in [3.63, 3.8) is 0 Å². The van der Waals surface area contributed by atoms with Gasteiger partial charge in [0.25, 0.3) is 0 Å². The third-order valence-corrected chi connectivity index (χ3v) is 4.31. The number of carbonyl (C=O) groups is 1. The van der Waals surface area contributed by atoms with E-state index in [4.69, 9.17) is 9.47 Å². The lowest BCUT2D eigenvalue weighted by Gasteiger charge is -2.26. The summed E-state index contributed by atoms with van der Waals surface area (Å²) in [5, 5.41) is 6.43. The van der Waals surface area contributed by atoms with Crippen LogP contribution in [0.15, 0.2) is 29.3 Å². The number of amides is 1. The third-order valence-electron chi connectivity index (χ3n) is 4.31. The maximum Gasteiger partial charge on any atom is 0.241 e. The fraction of sp³-hybridized carbons (Fsp3) is 0.579. The minimum atomic E-state index is 0.00197. The Morgan fingerprint density at radius 3 is 2.56 bits per heavy atom. The van der Waals surface area contributed by atoms with Crippen molar-refractivity contribution < 1.29 is 14.3 Å². The van der Waals surface area contributed by atoms with E-state index in [1.165, 1.54) is 0 Å². The van der Waals surface area contributed by atoms with Gasteiger partial charge < -0.3 is 25.0 Å². The van der Waals surface area contributed by atoms with E-state index in [2.05, 4.69) is 20.5 Å². The van der Waals surface area contributed by atoms with Crippen molar-refractivity contribution in [3.05, 3.63) is 29.8 Å². The molecule has 2 rings (SSSR count). The molecular formula is C19H31N5O3. The summed E-state index contributed by atoms with van der Waals surface area (Å²) in [6.45, 7) is 5.87. The molecule has 0 radical (unpaired) electrons. The van der Waals surface area contributed by atoms with Crippen molar-refractivity contribution in [1.82, 2.24) is 20.4 Å². The van der Waals surface area contributed by atoms with E-state index in [0.29, 0.717) is 12.5 Å². The molecule has 27 heavy (non-hydrogen) atoms. The van der Waals surface area contributed by atoms with E-state index in [1.807, 2.05) is 24.3 Å². The van der Waals surface area contributed by atoms with E-state index in [-0.39, 0.29) is 12.5 Å². The standard InChI is InChI=1S/C19H31N5O3/c1-23(2)18(25)15-22-19(20-8-9-24-10-12-27-13-11-24)21-14-16-4-6-17(26-3)7-5-16/h4-7H,8-15H2,1-3H3,(H2,20,21,22). The second kappa shape index (κ2) is 11.4. The molecule has 1 aromatic rings. The molecule has 0 spiro atoms. The molecule has 0 atom stereocenters. The van der Waals surface area contributed by atoms with Gasteiger partial charge in [0, 0.05) is 40.3 Å². The highest BCUT2D eigenvalue weighted by molar-refractivity contribution is 5.86. The highest BCUT2D eigenvalue weighted by atomic mass is 16.5. The molecule has 8 heteroatoms. The zero-order chi connectivity index (χ0) is 19.5. The normalized spacial score (nSPS) is 15.3. The highest BCUT2D eigenvalue weighted by Gasteiger charge is 2.10. The summed E-state index contributed by atoms with van der Waals surface area (Å²) in [5.74, 6) is 1.46. The number of benzene rings is 1. The van der Waals surface area contributed by atoms with Crippen LogP contribution < -0.4 is 15.4 Å². The van der Waals surface area contributed by atoms with Crippen molar-refractivity contribution >= 4 is 11.9 Å². The molecule has 0 unspecified atom stereocenters. The monoisotopic (exact) mass is 377 g/mol. The first-order valence-corrected chi connectivity index (χ1v) is 9.24. The molecule has 1 fully saturated rings. The molecule has 0 saturated carbocycles. The van der Waals surface area contributed by atoms with Gasteiger partial charge in [0.1, 0.15) is 5.75 Å². The molecule has 1 aliphatic heterocycles. The Labute approximate surface area is 161 Å². The van der Waals surface area contributed by atoms with Crippen LogP contribution in [0.3, 0.4) is 0 Å². The van der Waals surface area contributed by atoms with E-state index in [0.717, 1.165) is 50.7 Å². The number of guanidine groups is 1. The van der Waals surface area contributed by atoms with Gasteiger partial charge in [-0.1, -0.05) is 12.1 Å². The van der Waals surface area contributed by atoms with E-state index in [1.54, 1.807) is 26.1 Å². The Morgan fingerprint density at radius 1 is 1.22 bits per heavy atom. The predicted octanol–water partition coefficient (Wildman–Crippen LogP) is 0.151. The zero-order valence-corrected chi connectivity index (χ0v) is 16.5. The summed E-state index contributed by atoms with van der Waals surface area (Å²) >= 11 is 0. The molecular weight excluding hydrogens is 346 g/mol. The van der Waals surface area contributed by atoms with Gasteiger partial charge in [0.05, 0.1) is 33.4 Å². The summed E-state index contributed by atoms with van der Waals surface area (Å²) < 4.78 is 10.5. The summed E-state index contributed by atoms with van der Waals surface area (Å²) in [6.07, 6.45) is 0. The molecule has 1 amide bonds. The van der Waals surface area contributed by atoms with Crippen molar-refractivity contribution in [1.29, 1.82) is 0 Å². The number of morpholine rings is 1. The number of carbonyl (C=O) groups excluding carboxylic acids is 1. The smallest absolute Gasteiger partial charge is 0.241 e. The lowest BCUT2D eigenvalue weighted by atomic mass is 10.2. The molecule has 0 aliphatic carbocycles. The first-order chi connectivity index (χ1) is 13.1. The molecule has 0 bridgehead atoms. The summed E-state index contributed by atoms with van der Waals surface area (Å²) in [6, 6.07) is 7.80. The Balaban J connectivity index is 1.88. The number of nitrogens with one attached hydrogen (secondary N) is 2. The number of ether oxygens (including phenoxy) is 2.